The largest absolute Gasteiger partial charge is 0.477 e. The zero-order valence-electron chi connectivity index (χ0n) is 8.99. The Hall–Kier alpha value is -1.000. The number of aromatic nitrogens is 1. The van der Waals surface area contributed by atoms with Crippen molar-refractivity contribution >= 4 is 44.4 Å². The predicted molar refractivity (Wildman–Crippen MR) is 72.3 cm³/mol. The SMILES string of the molecule is O=C(O)c1cc2cc(Cl)ccc2n1CCCBr. The molecule has 0 spiro atoms. The Bertz CT molecular complexity index is 565. The summed E-state index contributed by atoms with van der Waals surface area (Å²) >= 11 is 9.25. The lowest BCUT2D eigenvalue weighted by molar-refractivity contribution is 0.0685. The molecule has 0 unspecified atom stereocenters. The highest BCUT2D eigenvalue weighted by Gasteiger charge is 2.14. The Balaban J connectivity index is 2.58. The van der Waals surface area contributed by atoms with E-state index in [2.05, 4.69) is 15.9 Å². The van der Waals surface area contributed by atoms with Gasteiger partial charge >= 0.3 is 5.97 Å². The average molecular weight is 317 g/mol. The molecule has 0 aliphatic rings. The molecular formula is C12H11BrClNO2. The maximum atomic E-state index is 11.2. The molecule has 1 N–H and O–H groups in total. The van der Waals surface area contributed by atoms with Crippen LogP contribution in [-0.2, 0) is 6.54 Å². The van der Waals surface area contributed by atoms with Gasteiger partial charge in [-0.1, -0.05) is 27.5 Å². The summed E-state index contributed by atoms with van der Waals surface area (Å²) in [6.45, 7) is 0.679. The molecule has 0 amide bonds. The number of hydrogen-bond donors (Lipinski definition) is 1. The minimum absolute atomic E-state index is 0.309. The zero-order valence-corrected chi connectivity index (χ0v) is 11.3. The van der Waals surface area contributed by atoms with Gasteiger partial charge in [-0.15, -0.1) is 0 Å². The van der Waals surface area contributed by atoms with Gasteiger partial charge in [0.2, 0.25) is 0 Å². The molecule has 90 valence electrons. The van der Waals surface area contributed by atoms with Crippen molar-refractivity contribution in [3.05, 3.63) is 35.0 Å². The number of alkyl halides is 1. The third-order valence-corrected chi connectivity index (χ3v) is 3.39. The van der Waals surface area contributed by atoms with Gasteiger partial charge in [0.25, 0.3) is 0 Å². The van der Waals surface area contributed by atoms with Crippen molar-refractivity contribution in [3.8, 4) is 0 Å². The number of rotatable bonds is 4. The van der Waals surface area contributed by atoms with E-state index in [9.17, 15) is 4.79 Å². The van der Waals surface area contributed by atoms with E-state index in [1.807, 2.05) is 10.6 Å². The minimum Gasteiger partial charge on any atom is -0.477 e. The quantitative estimate of drug-likeness (QED) is 0.872. The first-order valence-electron chi connectivity index (χ1n) is 5.21. The number of benzene rings is 1. The molecule has 17 heavy (non-hydrogen) atoms. The lowest BCUT2D eigenvalue weighted by Crippen LogP contribution is -2.08. The Morgan fingerprint density at radius 3 is 2.82 bits per heavy atom. The second kappa shape index (κ2) is 5.10. The van der Waals surface area contributed by atoms with Crippen LogP contribution in [0.1, 0.15) is 16.9 Å². The molecule has 0 saturated carbocycles. The highest BCUT2D eigenvalue weighted by atomic mass is 79.9. The highest BCUT2D eigenvalue weighted by Crippen LogP contribution is 2.24. The number of carboxylic acids is 1. The summed E-state index contributed by atoms with van der Waals surface area (Å²) in [6.07, 6.45) is 0.882. The summed E-state index contributed by atoms with van der Waals surface area (Å²) in [7, 11) is 0. The van der Waals surface area contributed by atoms with Crippen LogP contribution in [0.5, 0.6) is 0 Å². The fraction of sp³-hybridized carbons (Fsp3) is 0.250. The van der Waals surface area contributed by atoms with Crippen molar-refractivity contribution in [3.63, 3.8) is 0 Å². The van der Waals surface area contributed by atoms with Crippen LogP contribution in [0, 0.1) is 0 Å². The lowest BCUT2D eigenvalue weighted by Gasteiger charge is -2.06. The first-order chi connectivity index (χ1) is 8.13. The van der Waals surface area contributed by atoms with Gasteiger partial charge in [-0.25, -0.2) is 4.79 Å². The first-order valence-corrected chi connectivity index (χ1v) is 6.71. The van der Waals surface area contributed by atoms with Gasteiger partial charge in [0.15, 0.2) is 0 Å². The second-order valence-corrected chi connectivity index (χ2v) is 4.96. The molecule has 0 atom stereocenters. The molecule has 1 heterocycles. The van der Waals surface area contributed by atoms with Crippen molar-refractivity contribution in [1.29, 1.82) is 0 Å². The summed E-state index contributed by atoms with van der Waals surface area (Å²) < 4.78 is 1.81. The lowest BCUT2D eigenvalue weighted by atomic mass is 10.2. The number of fused-ring (bicyclic) bond motifs is 1. The topological polar surface area (TPSA) is 42.2 Å². The molecule has 3 nitrogen and oxygen atoms in total. The smallest absolute Gasteiger partial charge is 0.352 e. The van der Waals surface area contributed by atoms with Gasteiger partial charge in [0, 0.05) is 27.8 Å². The van der Waals surface area contributed by atoms with Gasteiger partial charge in [-0.2, -0.15) is 0 Å². The summed E-state index contributed by atoms with van der Waals surface area (Å²) in [5.74, 6) is -0.910. The van der Waals surface area contributed by atoms with Crippen LogP contribution < -0.4 is 0 Å². The number of aryl methyl sites for hydroxylation is 1. The van der Waals surface area contributed by atoms with Gasteiger partial charge in [0.1, 0.15) is 5.69 Å². The van der Waals surface area contributed by atoms with Crippen molar-refractivity contribution < 1.29 is 9.90 Å². The Morgan fingerprint density at radius 1 is 1.41 bits per heavy atom. The number of hydrogen-bond acceptors (Lipinski definition) is 1. The molecule has 0 aliphatic carbocycles. The maximum Gasteiger partial charge on any atom is 0.352 e. The van der Waals surface area contributed by atoms with E-state index in [1.54, 1.807) is 18.2 Å². The molecule has 0 fully saturated rings. The van der Waals surface area contributed by atoms with E-state index in [1.165, 1.54) is 0 Å². The van der Waals surface area contributed by atoms with Crippen LogP contribution in [0.25, 0.3) is 10.9 Å². The molecule has 0 saturated heterocycles. The van der Waals surface area contributed by atoms with Gasteiger partial charge in [0.05, 0.1) is 0 Å². The molecule has 2 aromatic rings. The summed E-state index contributed by atoms with van der Waals surface area (Å²) in [4.78, 5) is 11.2. The number of halogens is 2. The molecule has 1 aromatic heterocycles. The van der Waals surface area contributed by atoms with Crippen LogP contribution in [0.4, 0.5) is 0 Å². The van der Waals surface area contributed by atoms with Crippen molar-refractivity contribution in [2.75, 3.05) is 5.33 Å². The van der Waals surface area contributed by atoms with Crippen LogP contribution in [0.3, 0.4) is 0 Å². The number of aromatic carboxylic acids is 1. The van der Waals surface area contributed by atoms with E-state index in [0.717, 1.165) is 22.7 Å². The summed E-state index contributed by atoms with van der Waals surface area (Å²) in [6, 6.07) is 7.09. The fourth-order valence-electron chi connectivity index (χ4n) is 1.88. The van der Waals surface area contributed by atoms with Crippen LogP contribution in [-0.4, -0.2) is 21.0 Å². The van der Waals surface area contributed by atoms with E-state index < -0.39 is 5.97 Å². The minimum atomic E-state index is -0.910. The summed E-state index contributed by atoms with van der Waals surface area (Å²) in [5.41, 5.74) is 1.22. The predicted octanol–water partition coefficient (Wildman–Crippen LogP) is 3.78. The maximum absolute atomic E-state index is 11.2. The third-order valence-electron chi connectivity index (χ3n) is 2.60. The molecule has 2 rings (SSSR count). The van der Waals surface area contributed by atoms with Gasteiger partial charge in [-0.05, 0) is 30.7 Å². The Morgan fingerprint density at radius 2 is 2.18 bits per heavy atom. The Kier molecular flexibility index (Phi) is 3.74. The zero-order chi connectivity index (χ0) is 12.4. The van der Waals surface area contributed by atoms with Crippen LogP contribution in [0.15, 0.2) is 24.3 Å². The number of carboxylic acid groups (broad SMARTS) is 1. The van der Waals surface area contributed by atoms with Gasteiger partial charge in [-0.3, -0.25) is 0 Å². The third kappa shape index (κ3) is 2.48. The molecule has 1 aromatic carbocycles. The van der Waals surface area contributed by atoms with Crippen molar-refractivity contribution in [1.82, 2.24) is 4.57 Å². The summed E-state index contributed by atoms with van der Waals surface area (Å²) in [5, 5.41) is 11.5. The standard InChI is InChI=1S/C12H11BrClNO2/c13-4-1-5-15-10-3-2-9(14)6-8(10)7-11(15)12(16)17/h2-3,6-7H,1,4-5H2,(H,16,17). The van der Waals surface area contributed by atoms with E-state index in [-0.39, 0.29) is 0 Å². The Labute approximate surface area is 112 Å². The van der Waals surface area contributed by atoms with Crippen molar-refractivity contribution in [2.45, 2.75) is 13.0 Å². The molecule has 5 heteroatoms. The number of carbonyl (C=O) groups is 1. The van der Waals surface area contributed by atoms with E-state index >= 15 is 0 Å². The normalized spacial score (nSPS) is 10.9. The molecule has 0 bridgehead atoms. The molecule has 0 radical (unpaired) electrons. The van der Waals surface area contributed by atoms with Crippen LogP contribution in [0.2, 0.25) is 5.02 Å². The van der Waals surface area contributed by atoms with Crippen molar-refractivity contribution in [2.24, 2.45) is 0 Å². The number of nitrogens with zero attached hydrogens (tertiary/aromatic N) is 1. The molecule has 0 aliphatic heterocycles. The van der Waals surface area contributed by atoms with E-state index in [4.69, 9.17) is 16.7 Å². The van der Waals surface area contributed by atoms with Crippen LogP contribution >= 0.6 is 27.5 Å². The van der Waals surface area contributed by atoms with E-state index in [0.29, 0.717) is 17.3 Å². The highest BCUT2D eigenvalue weighted by molar-refractivity contribution is 9.09. The molecular weight excluding hydrogens is 305 g/mol. The second-order valence-electron chi connectivity index (χ2n) is 3.73. The first kappa shape index (κ1) is 12.5. The van der Waals surface area contributed by atoms with Gasteiger partial charge < -0.3 is 9.67 Å². The average Bonchev–Trinajstić information content (AvgIpc) is 2.64. The monoisotopic (exact) mass is 315 g/mol. The fourth-order valence-corrected chi connectivity index (χ4v) is 2.31.